The van der Waals surface area contributed by atoms with Gasteiger partial charge in [-0.3, -0.25) is 4.68 Å². The molecule has 2 aromatic rings. The summed E-state index contributed by atoms with van der Waals surface area (Å²) < 4.78 is 2.01. The fraction of sp³-hybridized carbons (Fsp3) is 0.471. The standard InChI is InChI=1S/C17H24N4/c1-20-8-7-16(12-20)9-18-10-17-11-19-21(14-17)13-15-5-3-2-4-6-15/h2-6,11,14,16,18H,7-10,12-13H2,1H3. The topological polar surface area (TPSA) is 33.1 Å². The average molecular weight is 284 g/mol. The molecule has 0 amide bonds. The van der Waals surface area contributed by atoms with Crippen molar-refractivity contribution >= 4 is 0 Å². The van der Waals surface area contributed by atoms with Gasteiger partial charge >= 0.3 is 0 Å². The van der Waals surface area contributed by atoms with Crippen LogP contribution in [-0.2, 0) is 13.1 Å². The third-order valence-corrected chi connectivity index (χ3v) is 4.13. The number of aromatic nitrogens is 2. The third-order valence-electron chi connectivity index (χ3n) is 4.13. The summed E-state index contributed by atoms with van der Waals surface area (Å²) >= 11 is 0. The molecule has 0 spiro atoms. The molecule has 1 aliphatic heterocycles. The second-order valence-corrected chi connectivity index (χ2v) is 6.08. The average Bonchev–Trinajstić information content (AvgIpc) is 3.10. The van der Waals surface area contributed by atoms with Crippen LogP contribution in [-0.4, -0.2) is 41.4 Å². The summed E-state index contributed by atoms with van der Waals surface area (Å²) in [6.45, 7) is 5.32. The summed E-state index contributed by atoms with van der Waals surface area (Å²) in [6.07, 6.45) is 5.42. The van der Waals surface area contributed by atoms with Gasteiger partial charge in [0.1, 0.15) is 0 Å². The quantitative estimate of drug-likeness (QED) is 0.880. The molecule has 0 saturated carbocycles. The number of likely N-dealkylation sites (tertiary alicyclic amines) is 1. The fourth-order valence-electron chi connectivity index (χ4n) is 2.97. The van der Waals surface area contributed by atoms with Crippen molar-refractivity contribution in [3.63, 3.8) is 0 Å². The maximum Gasteiger partial charge on any atom is 0.0659 e. The van der Waals surface area contributed by atoms with E-state index in [-0.39, 0.29) is 0 Å². The highest BCUT2D eigenvalue weighted by molar-refractivity contribution is 5.15. The second kappa shape index (κ2) is 6.87. The van der Waals surface area contributed by atoms with Crippen LogP contribution in [0.15, 0.2) is 42.7 Å². The molecular weight excluding hydrogens is 260 g/mol. The van der Waals surface area contributed by atoms with Gasteiger partial charge in [0, 0.05) is 24.8 Å². The maximum absolute atomic E-state index is 4.44. The van der Waals surface area contributed by atoms with E-state index in [2.05, 4.69) is 52.8 Å². The Morgan fingerprint density at radius 3 is 2.86 bits per heavy atom. The lowest BCUT2D eigenvalue weighted by Gasteiger charge is -2.10. The van der Waals surface area contributed by atoms with Gasteiger partial charge in [-0.1, -0.05) is 30.3 Å². The molecule has 1 atom stereocenters. The van der Waals surface area contributed by atoms with Gasteiger partial charge in [0.15, 0.2) is 0 Å². The zero-order chi connectivity index (χ0) is 14.5. The minimum atomic E-state index is 0.800. The lowest BCUT2D eigenvalue weighted by Crippen LogP contribution is -2.24. The van der Waals surface area contributed by atoms with E-state index in [9.17, 15) is 0 Å². The molecule has 21 heavy (non-hydrogen) atoms. The van der Waals surface area contributed by atoms with E-state index < -0.39 is 0 Å². The van der Waals surface area contributed by atoms with E-state index >= 15 is 0 Å². The van der Waals surface area contributed by atoms with Crippen LogP contribution in [0, 0.1) is 5.92 Å². The highest BCUT2D eigenvalue weighted by Crippen LogP contribution is 2.13. The summed E-state index contributed by atoms with van der Waals surface area (Å²) in [7, 11) is 2.20. The minimum absolute atomic E-state index is 0.800. The summed E-state index contributed by atoms with van der Waals surface area (Å²) in [5.74, 6) is 0.800. The van der Waals surface area contributed by atoms with E-state index in [1.807, 2.05) is 16.9 Å². The summed E-state index contributed by atoms with van der Waals surface area (Å²) in [5, 5.41) is 8.00. The lowest BCUT2D eigenvalue weighted by atomic mass is 10.1. The largest absolute Gasteiger partial charge is 0.312 e. The first-order valence-electron chi connectivity index (χ1n) is 7.74. The van der Waals surface area contributed by atoms with E-state index in [0.29, 0.717) is 0 Å². The van der Waals surface area contributed by atoms with Gasteiger partial charge in [-0.25, -0.2) is 0 Å². The van der Waals surface area contributed by atoms with Gasteiger partial charge in [-0.2, -0.15) is 5.10 Å². The third kappa shape index (κ3) is 4.16. The molecule has 0 radical (unpaired) electrons. The van der Waals surface area contributed by atoms with Gasteiger partial charge in [0.2, 0.25) is 0 Å². The molecule has 1 saturated heterocycles. The molecule has 2 heterocycles. The Morgan fingerprint density at radius 1 is 1.24 bits per heavy atom. The minimum Gasteiger partial charge on any atom is -0.312 e. The van der Waals surface area contributed by atoms with Crippen molar-refractivity contribution in [2.45, 2.75) is 19.5 Å². The Balaban J connectivity index is 1.44. The fourth-order valence-corrected chi connectivity index (χ4v) is 2.97. The van der Waals surface area contributed by atoms with E-state index in [1.54, 1.807) is 0 Å². The van der Waals surface area contributed by atoms with Crippen LogP contribution in [0.25, 0.3) is 0 Å². The molecule has 0 aliphatic carbocycles. The number of hydrogen-bond acceptors (Lipinski definition) is 3. The van der Waals surface area contributed by atoms with Crippen molar-refractivity contribution in [3.05, 3.63) is 53.9 Å². The summed E-state index contributed by atoms with van der Waals surface area (Å²) in [4.78, 5) is 2.41. The van der Waals surface area contributed by atoms with Gasteiger partial charge in [-0.15, -0.1) is 0 Å². The van der Waals surface area contributed by atoms with Crippen LogP contribution >= 0.6 is 0 Å². The molecule has 1 unspecified atom stereocenters. The highest BCUT2D eigenvalue weighted by Gasteiger charge is 2.18. The Kier molecular flexibility index (Phi) is 4.68. The predicted molar refractivity (Wildman–Crippen MR) is 85.1 cm³/mol. The van der Waals surface area contributed by atoms with Crippen LogP contribution in [0.5, 0.6) is 0 Å². The Morgan fingerprint density at radius 2 is 2.10 bits per heavy atom. The predicted octanol–water partition coefficient (Wildman–Crippen LogP) is 1.97. The van der Waals surface area contributed by atoms with Gasteiger partial charge < -0.3 is 10.2 Å². The molecule has 112 valence electrons. The first-order valence-corrected chi connectivity index (χ1v) is 7.74. The van der Waals surface area contributed by atoms with Crippen LogP contribution in [0.1, 0.15) is 17.5 Å². The van der Waals surface area contributed by atoms with Crippen molar-refractivity contribution in [1.82, 2.24) is 20.0 Å². The number of nitrogens with zero attached hydrogens (tertiary/aromatic N) is 3. The van der Waals surface area contributed by atoms with Crippen molar-refractivity contribution in [2.24, 2.45) is 5.92 Å². The molecule has 1 N–H and O–H groups in total. The molecule has 4 heteroatoms. The Hall–Kier alpha value is -1.65. The molecule has 4 nitrogen and oxygen atoms in total. The molecule has 0 bridgehead atoms. The van der Waals surface area contributed by atoms with Crippen molar-refractivity contribution in [1.29, 1.82) is 0 Å². The number of hydrogen-bond donors (Lipinski definition) is 1. The first kappa shape index (κ1) is 14.3. The monoisotopic (exact) mass is 284 g/mol. The van der Waals surface area contributed by atoms with Crippen molar-refractivity contribution in [2.75, 3.05) is 26.7 Å². The van der Waals surface area contributed by atoms with Crippen LogP contribution in [0.4, 0.5) is 0 Å². The van der Waals surface area contributed by atoms with Crippen LogP contribution in [0.3, 0.4) is 0 Å². The molecule has 1 aromatic carbocycles. The van der Waals surface area contributed by atoms with Gasteiger partial charge in [-0.05, 0) is 38.0 Å². The van der Waals surface area contributed by atoms with Crippen molar-refractivity contribution < 1.29 is 0 Å². The molecule has 1 aliphatic rings. The van der Waals surface area contributed by atoms with E-state index in [1.165, 1.54) is 30.6 Å². The van der Waals surface area contributed by atoms with Crippen molar-refractivity contribution in [3.8, 4) is 0 Å². The first-order chi connectivity index (χ1) is 10.3. The summed E-state index contributed by atoms with van der Waals surface area (Å²) in [6, 6.07) is 10.5. The van der Waals surface area contributed by atoms with Crippen LogP contribution < -0.4 is 5.32 Å². The zero-order valence-electron chi connectivity index (χ0n) is 12.7. The Labute approximate surface area is 126 Å². The normalized spacial score (nSPS) is 19.2. The second-order valence-electron chi connectivity index (χ2n) is 6.08. The van der Waals surface area contributed by atoms with Gasteiger partial charge in [0.05, 0.1) is 12.7 Å². The van der Waals surface area contributed by atoms with Gasteiger partial charge in [0.25, 0.3) is 0 Å². The van der Waals surface area contributed by atoms with E-state index in [0.717, 1.165) is 25.6 Å². The number of rotatable bonds is 6. The van der Waals surface area contributed by atoms with E-state index in [4.69, 9.17) is 0 Å². The lowest BCUT2D eigenvalue weighted by molar-refractivity contribution is 0.388. The molecule has 3 rings (SSSR count). The number of benzene rings is 1. The Bertz CT molecular complexity index is 549. The van der Waals surface area contributed by atoms with Crippen LogP contribution in [0.2, 0.25) is 0 Å². The molecule has 1 aromatic heterocycles. The molecular formula is C17H24N4. The highest BCUT2D eigenvalue weighted by atomic mass is 15.3. The number of nitrogens with one attached hydrogen (secondary N) is 1. The zero-order valence-corrected chi connectivity index (χ0v) is 12.7. The summed E-state index contributed by atoms with van der Waals surface area (Å²) in [5.41, 5.74) is 2.55. The maximum atomic E-state index is 4.44. The molecule has 1 fully saturated rings. The SMILES string of the molecule is CN1CCC(CNCc2cnn(Cc3ccccc3)c2)C1. The smallest absolute Gasteiger partial charge is 0.0659 e.